The summed E-state index contributed by atoms with van der Waals surface area (Å²) in [5.74, 6) is 1.95. The van der Waals surface area contributed by atoms with E-state index >= 15 is 0 Å². The second-order valence-electron chi connectivity index (χ2n) is 5.05. The predicted molar refractivity (Wildman–Crippen MR) is 78.2 cm³/mol. The fraction of sp³-hybridized carbons (Fsp3) is 0.312. The van der Waals surface area contributed by atoms with Gasteiger partial charge in [-0.2, -0.15) is 0 Å². The lowest BCUT2D eigenvalue weighted by Crippen LogP contribution is -1.99. The molecule has 0 radical (unpaired) electrons. The molecule has 3 nitrogen and oxygen atoms in total. The van der Waals surface area contributed by atoms with Gasteiger partial charge in [-0.05, 0) is 42.2 Å². The van der Waals surface area contributed by atoms with Crippen molar-refractivity contribution in [2.75, 3.05) is 5.73 Å². The van der Waals surface area contributed by atoms with Crippen molar-refractivity contribution in [1.82, 2.24) is 4.98 Å². The molecule has 100 valence electrons. The van der Waals surface area contributed by atoms with Crippen LogP contribution in [0.1, 0.15) is 36.5 Å². The molecule has 1 heterocycles. The number of anilines is 1. The fourth-order valence-electron chi connectivity index (χ4n) is 2.07. The van der Waals surface area contributed by atoms with Crippen LogP contribution in [-0.4, -0.2) is 4.98 Å². The van der Waals surface area contributed by atoms with Crippen LogP contribution in [0.15, 0.2) is 36.5 Å². The number of aromatic nitrogens is 1. The van der Waals surface area contributed by atoms with Gasteiger partial charge in [0, 0.05) is 11.8 Å². The quantitative estimate of drug-likeness (QED) is 0.907. The molecule has 2 rings (SSSR count). The largest absolute Gasteiger partial charge is 0.489 e. The summed E-state index contributed by atoms with van der Waals surface area (Å²) in [5, 5.41) is 0. The maximum atomic E-state index is 5.77. The summed E-state index contributed by atoms with van der Waals surface area (Å²) < 4.78 is 5.77. The van der Waals surface area contributed by atoms with Crippen LogP contribution in [0.5, 0.6) is 5.75 Å². The Bertz CT molecular complexity index is 547. The number of hydrogen-bond donors (Lipinski definition) is 1. The molecule has 0 fully saturated rings. The zero-order chi connectivity index (χ0) is 13.8. The highest BCUT2D eigenvalue weighted by Crippen LogP contribution is 2.24. The van der Waals surface area contributed by atoms with E-state index in [2.05, 4.69) is 37.9 Å². The van der Waals surface area contributed by atoms with Gasteiger partial charge in [-0.15, -0.1) is 0 Å². The number of benzene rings is 1. The molecule has 1 aromatic heterocycles. The van der Waals surface area contributed by atoms with Crippen LogP contribution >= 0.6 is 0 Å². The first kappa shape index (κ1) is 13.4. The minimum atomic E-state index is 0.508. The van der Waals surface area contributed by atoms with Crippen LogP contribution in [0.4, 0.5) is 5.82 Å². The molecule has 2 N–H and O–H groups in total. The van der Waals surface area contributed by atoms with Crippen LogP contribution < -0.4 is 10.5 Å². The van der Waals surface area contributed by atoms with Gasteiger partial charge in [-0.3, -0.25) is 0 Å². The Morgan fingerprint density at radius 2 is 2.00 bits per heavy atom. The second-order valence-corrected chi connectivity index (χ2v) is 5.05. The SMILES string of the molecule is Cc1cc(OCc2ccc(N)nc2)ccc1C(C)C. The topological polar surface area (TPSA) is 48.1 Å². The minimum absolute atomic E-state index is 0.508. The number of rotatable bonds is 4. The third-order valence-electron chi connectivity index (χ3n) is 3.12. The van der Waals surface area contributed by atoms with E-state index in [9.17, 15) is 0 Å². The average Bonchev–Trinajstić information content (AvgIpc) is 2.37. The highest BCUT2D eigenvalue weighted by Gasteiger charge is 2.05. The van der Waals surface area contributed by atoms with Crippen LogP contribution in [0, 0.1) is 6.92 Å². The van der Waals surface area contributed by atoms with Crippen molar-refractivity contribution in [1.29, 1.82) is 0 Å². The Hall–Kier alpha value is -2.03. The molecule has 0 aliphatic carbocycles. The Balaban J connectivity index is 2.04. The fourth-order valence-corrected chi connectivity index (χ4v) is 2.07. The van der Waals surface area contributed by atoms with Gasteiger partial charge < -0.3 is 10.5 Å². The van der Waals surface area contributed by atoms with Crippen molar-refractivity contribution in [3.8, 4) is 5.75 Å². The van der Waals surface area contributed by atoms with Crippen LogP contribution in [0.25, 0.3) is 0 Å². The first-order valence-corrected chi connectivity index (χ1v) is 6.50. The number of hydrogen-bond acceptors (Lipinski definition) is 3. The van der Waals surface area contributed by atoms with Crippen molar-refractivity contribution in [3.05, 3.63) is 53.2 Å². The van der Waals surface area contributed by atoms with Crippen molar-refractivity contribution in [3.63, 3.8) is 0 Å². The number of nitrogen functional groups attached to an aromatic ring is 1. The van der Waals surface area contributed by atoms with Gasteiger partial charge in [0.25, 0.3) is 0 Å². The number of aryl methyl sites for hydroxylation is 1. The molecule has 0 aliphatic rings. The Morgan fingerprint density at radius 3 is 2.58 bits per heavy atom. The Morgan fingerprint density at radius 1 is 1.21 bits per heavy atom. The van der Waals surface area contributed by atoms with Gasteiger partial charge in [-0.25, -0.2) is 4.98 Å². The Labute approximate surface area is 114 Å². The van der Waals surface area contributed by atoms with Gasteiger partial charge in [-0.1, -0.05) is 26.0 Å². The normalized spacial score (nSPS) is 10.7. The van der Waals surface area contributed by atoms with Gasteiger partial charge in [0.05, 0.1) is 0 Å². The summed E-state index contributed by atoms with van der Waals surface area (Å²) >= 11 is 0. The van der Waals surface area contributed by atoms with Gasteiger partial charge >= 0.3 is 0 Å². The Kier molecular flexibility index (Phi) is 4.05. The molecule has 0 unspecified atom stereocenters. The number of nitrogens with two attached hydrogens (primary N) is 1. The predicted octanol–water partition coefficient (Wildman–Crippen LogP) is 3.67. The van der Waals surface area contributed by atoms with Gasteiger partial charge in [0.1, 0.15) is 18.2 Å². The summed E-state index contributed by atoms with van der Waals surface area (Å²) in [5.41, 5.74) is 9.19. The first-order chi connectivity index (χ1) is 9.06. The van der Waals surface area contributed by atoms with E-state index in [1.807, 2.05) is 12.1 Å². The van der Waals surface area contributed by atoms with Crippen molar-refractivity contribution < 1.29 is 4.74 Å². The second kappa shape index (κ2) is 5.74. The van der Waals surface area contributed by atoms with Crippen molar-refractivity contribution >= 4 is 5.82 Å². The molecule has 0 bridgehead atoms. The summed E-state index contributed by atoms with van der Waals surface area (Å²) in [6, 6.07) is 9.95. The van der Waals surface area contributed by atoms with E-state index in [0.29, 0.717) is 18.3 Å². The van der Waals surface area contributed by atoms with Crippen molar-refractivity contribution in [2.45, 2.75) is 33.3 Å². The zero-order valence-electron chi connectivity index (χ0n) is 11.7. The minimum Gasteiger partial charge on any atom is -0.489 e. The molecule has 0 spiro atoms. The molecule has 0 saturated heterocycles. The maximum Gasteiger partial charge on any atom is 0.123 e. The van der Waals surface area contributed by atoms with E-state index in [1.165, 1.54) is 11.1 Å². The summed E-state index contributed by atoms with van der Waals surface area (Å²) in [4.78, 5) is 4.04. The lowest BCUT2D eigenvalue weighted by Gasteiger charge is -2.12. The molecule has 19 heavy (non-hydrogen) atoms. The molecule has 0 aliphatic heterocycles. The van der Waals surface area contributed by atoms with Gasteiger partial charge in [0.2, 0.25) is 0 Å². The van der Waals surface area contributed by atoms with E-state index in [4.69, 9.17) is 10.5 Å². The summed E-state index contributed by atoms with van der Waals surface area (Å²) in [7, 11) is 0. The van der Waals surface area contributed by atoms with Crippen LogP contribution in [-0.2, 0) is 6.61 Å². The number of ether oxygens (including phenoxy) is 1. The molecule has 0 amide bonds. The van der Waals surface area contributed by atoms with E-state index in [0.717, 1.165) is 11.3 Å². The monoisotopic (exact) mass is 256 g/mol. The lowest BCUT2D eigenvalue weighted by atomic mass is 9.98. The molecule has 0 atom stereocenters. The van der Waals surface area contributed by atoms with Crippen molar-refractivity contribution in [2.24, 2.45) is 0 Å². The summed E-state index contributed by atoms with van der Waals surface area (Å²) in [6.07, 6.45) is 1.74. The third kappa shape index (κ3) is 3.47. The molecule has 2 aromatic rings. The smallest absolute Gasteiger partial charge is 0.123 e. The maximum absolute atomic E-state index is 5.77. The zero-order valence-corrected chi connectivity index (χ0v) is 11.7. The number of nitrogens with zero attached hydrogens (tertiary/aromatic N) is 1. The summed E-state index contributed by atoms with van der Waals surface area (Å²) in [6.45, 7) is 7.02. The number of pyridine rings is 1. The van der Waals surface area contributed by atoms with Crippen LogP contribution in [0.2, 0.25) is 0 Å². The van der Waals surface area contributed by atoms with Gasteiger partial charge in [0.15, 0.2) is 0 Å². The highest BCUT2D eigenvalue weighted by atomic mass is 16.5. The molecule has 0 saturated carbocycles. The average molecular weight is 256 g/mol. The third-order valence-corrected chi connectivity index (χ3v) is 3.12. The van der Waals surface area contributed by atoms with E-state index in [-0.39, 0.29) is 0 Å². The van der Waals surface area contributed by atoms with E-state index in [1.54, 1.807) is 12.3 Å². The molecule has 3 heteroatoms. The molecule has 1 aromatic carbocycles. The van der Waals surface area contributed by atoms with E-state index < -0.39 is 0 Å². The molecular formula is C16H20N2O. The lowest BCUT2D eigenvalue weighted by molar-refractivity contribution is 0.305. The standard InChI is InChI=1S/C16H20N2O/c1-11(2)15-6-5-14(8-12(15)3)19-10-13-4-7-16(17)18-9-13/h4-9,11H,10H2,1-3H3,(H2,17,18). The van der Waals surface area contributed by atoms with Crippen LogP contribution in [0.3, 0.4) is 0 Å². The highest BCUT2D eigenvalue weighted by molar-refractivity contribution is 5.36. The molecular weight excluding hydrogens is 236 g/mol. The first-order valence-electron chi connectivity index (χ1n) is 6.50.